The first-order valence-electron chi connectivity index (χ1n) is 12.4. The first-order valence-corrected chi connectivity index (χ1v) is 12.4. The molecule has 3 atom stereocenters. The van der Waals surface area contributed by atoms with Gasteiger partial charge in [0.1, 0.15) is 0 Å². The standard InChI is InChI=1S/C27H41N3O/c1-20-9-13-24(14-10-20)28-26(31)30(17-7-16-29-15-6-5-8-21(29)2)19-22-11-12-23-18-25(22)27(23,3)4/h9-11,13-14,21,23,25H,5-8,12,15-19H2,1-4H3,(H,28,31). The molecule has 0 spiro atoms. The van der Waals surface area contributed by atoms with Crippen LogP contribution in [0.25, 0.3) is 0 Å². The number of hydrogen-bond donors (Lipinski definition) is 1. The number of anilines is 1. The van der Waals surface area contributed by atoms with Crippen molar-refractivity contribution in [1.82, 2.24) is 9.80 Å². The lowest BCUT2D eigenvalue weighted by molar-refractivity contribution is -0.00958. The van der Waals surface area contributed by atoms with Crippen LogP contribution in [0.4, 0.5) is 10.5 Å². The summed E-state index contributed by atoms with van der Waals surface area (Å²) in [5.41, 5.74) is 3.97. The number of amides is 2. The second kappa shape index (κ2) is 9.36. The molecule has 4 aliphatic rings. The van der Waals surface area contributed by atoms with Crippen molar-refractivity contribution in [3.8, 4) is 0 Å². The van der Waals surface area contributed by atoms with Crippen LogP contribution in [-0.4, -0.2) is 48.1 Å². The van der Waals surface area contributed by atoms with E-state index in [1.807, 2.05) is 12.1 Å². The summed E-state index contributed by atoms with van der Waals surface area (Å²) in [6.45, 7) is 13.1. The number of urea groups is 1. The average molecular weight is 424 g/mol. The summed E-state index contributed by atoms with van der Waals surface area (Å²) in [7, 11) is 0. The highest BCUT2D eigenvalue weighted by atomic mass is 16.2. The topological polar surface area (TPSA) is 35.6 Å². The van der Waals surface area contributed by atoms with Crippen LogP contribution < -0.4 is 5.32 Å². The third-order valence-corrected chi connectivity index (χ3v) is 8.36. The highest BCUT2D eigenvalue weighted by Gasteiger charge is 2.51. The third-order valence-electron chi connectivity index (χ3n) is 8.36. The quantitative estimate of drug-likeness (QED) is 0.539. The molecule has 1 saturated heterocycles. The van der Waals surface area contributed by atoms with Gasteiger partial charge in [-0.15, -0.1) is 0 Å². The molecule has 5 rings (SSSR count). The number of carbonyl (C=O) groups excluding carboxylic acids is 1. The fourth-order valence-electron chi connectivity index (χ4n) is 5.92. The minimum atomic E-state index is 0.0377. The summed E-state index contributed by atoms with van der Waals surface area (Å²) < 4.78 is 0. The third kappa shape index (κ3) is 5.00. The molecule has 1 aromatic carbocycles. The number of fused-ring (bicyclic) bond motifs is 1. The van der Waals surface area contributed by atoms with Crippen LogP contribution in [0.15, 0.2) is 35.9 Å². The summed E-state index contributed by atoms with van der Waals surface area (Å²) >= 11 is 0. The molecule has 1 aromatic rings. The summed E-state index contributed by atoms with van der Waals surface area (Å²) in [6, 6.07) is 8.82. The van der Waals surface area contributed by atoms with Crippen molar-refractivity contribution in [2.45, 2.75) is 72.3 Å². The van der Waals surface area contributed by atoms with Crippen molar-refractivity contribution < 1.29 is 4.79 Å². The molecular formula is C27H41N3O. The van der Waals surface area contributed by atoms with Gasteiger partial charge in [-0.25, -0.2) is 4.79 Å². The molecule has 4 nitrogen and oxygen atoms in total. The van der Waals surface area contributed by atoms with Crippen LogP contribution in [0, 0.1) is 24.2 Å². The van der Waals surface area contributed by atoms with E-state index in [0.717, 1.165) is 37.7 Å². The number of rotatable bonds is 7. The van der Waals surface area contributed by atoms with E-state index in [1.165, 1.54) is 49.8 Å². The number of nitrogens with one attached hydrogen (secondary N) is 1. The maximum Gasteiger partial charge on any atom is 0.322 e. The van der Waals surface area contributed by atoms with Gasteiger partial charge in [-0.1, -0.05) is 49.6 Å². The molecule has 2 bridgehead atoms. The Kier molecular flexibility index (Phi) is 6.76. The van der Waals surface area contributed by atoms with Crippen molar-refractivity contribution in [1.29, 1.82) is 0 Å². The summed E-state index contributed by atoms with van der Waals surface area (Å²) in [5.74, 6) is 1.47. The van der Waals surface area contributed by atoms with E-state index < -0.39 is 0 Å². The van der Waals surface area contributed by atoms with Crippen LogP contribution in [0.3, 0.4) is 0 Å². The van der Waals surface area contributed by atoms with Crippen molar-refractivity contribution in [2.75, 3.05) is 31.5 Å². The van der Waals surface area contributed by atoms with Crippen molar-refractivity contribution in [3.63, 3.8) is 0 Å². The molecule has 2 fully saturated rings. The highest BCUT2D eigenvalue weighted by Crippen LogP contribution is 2.59. The molecule has 0 radical (unpaired) electrons. The van der Waals surface area contributed by atoms with Crippen LogP contribution in [-0.2, 0) is 0 Å². The molecule has 3 aliphatic carbocycles. The lowest BCUT2D eigenvalue weighted by Gasteiger charge is -2.57. The number of benzene rings is 1. The minimum absolute atomic E-state index is 0.0377. The van der Waals surface area contributed by atoms with Gasteiger partial charge in [0.25, 0.3) is 0 Å². The Hall–Kier alpha value is -1.81. The number of carbonyl (C=O) groups is 1. The van der Waals surface area contributed by atoms with E-state index in [-0.39, 0.29) is 6.03 Å². The van der Waals surface area contributed by atoms with Gasteiger partial charge in [-0.2, -0.15) is 0 Å². The summed E-state index contributed by atoms with van der Waals surface area (Å²) in [4.78, 5) is 17.9. The molecule has 170 valence electrons. The number of likely N-dealkylation sites (tertiary alicyclic amines) is 1. The molecule has 0 aromatic heterocycles. The molecule has 1 N–H and O–H groups in total. The second-order valence-corrected chi connectivity index (χ2v) is 10.8. The Bertz CT molecular complexity index is 797. The number of hydrogen-bond acceptors (Lipinski definition) is 2. The lowest BCUT2D eigenvalue weighted by Crippen LogP contribution is -2.50. The van der Waals surface area contributed by atoms with Gasteiger partial charge in [-0.05, 0) is 81.9 Å². The maximum atomic E-state index is 13.3. The summed E-state index contributed by atoms with van der Waals surface area (Å²) in [6.07, 6.45) is 9.93. The van der Waals surface area contributed by atoms with E-state index in [0.29, 0.717) is 17.4 Å². The van der Waals surface area contributed by atoms with Gasteiger partial charge >= 0.3 is 6.03 Å². The number of nitrogens with zero attached hydrogens (tertiary/aromatic N) is 2. The molecular weight excluding hydrogens is 382 g/mol. The molecule has 3 unspecified atom stereocenters. The molecule has 1 saturated carbocycles. The molecule has 4 heteroatoms. The lowest BCUT2D eigenvalue weighted by atomic mass is 9.49. The first-order chi connectivity index (χ1) is 14.8. The smallest absolute Gasteiger partial charge is 0.320 e. The maximum absolute atomic E-state index is 13.3. The molecule has 2 amide bonds. The summed E-state index contributed by atoms with van der Waals surface area (Å²) in [5, 5.41) is 3.15. The number of piperidine rings is 1. The van der Waals surface area contributed by atoms with E-state index in [9.17, 15) is 4.79 Å². The van der Waals surface area contributed by atoms with Gasteiger partial charge in [0.05, 0.1) is 0 Å². The van der Waals surface area contributed by atoms with Crippen molar-refractivity contribution in [3.05, 3.63) is 41.5 Å². The van der Waals surface area contributed by atoms with Gasteiger partial charge < -0.3 is 15.1 Å². The van der Waals surface area contributed by atoms with E-state index in [4.69, 9.17) is 0 Å². The number of allylic oxidation sites excluding steroid dienone is 1. The van der Waals surface area contributed by atoms with Crippen LogP contribution in [0.1, 0.15) is 64.9 Å². The zero-order valence-corrected chi connectivity index (χ0v) is 20.0. The predicted molar refractivity (Wildman–Crippen MR) is 129 cm³/mol. The average Bonchev–Trinajstić information content (AvgIpc) is 2.76. The monoisotopic (exact) mass is 423 g/mol. The Labute approximate surface area is 189 Å². The molecule has 1 heterocycles. The SMILES string of the molecule is Cc1ccc(NC(=O)N(CCCN2CCCCC2C)CC2=CCC3CC2C3(C)C)cc1. The highest BCUT2D eigenvalue weighted by molar-refractivity contribution is 5.89. The Morgan fingerprint density at radius 1 is 1.23 bits per heavy atom. The van der Waals surface area contributed by atoms with Crippen molar-refractivity contribution >= 4 is 11.7 Å². The van der Waals surface area contributed by atoms with Gasteiger partial charge in [0, 0.05) is 31.4 Å². The minimum Gasteiger partial charge on any atom is -0.320 e. The van der Waals surface area contributed by atoms with Crippen LogP contribution in [0.5, 0.6) is 0 Å². The first kappa shape index (κ1) is 22.4. The van der Waals surface area contributed by atoms with E-state index in [2.05, 4.69) is 61.0 Å². The van der Waals surface area contributed by atoms with Crippen LogP contribution in [0.2, 0.25) is 0 Å². The normalized spacial score (nSPS) is 27.2. The second-order valence-electron chi connectivity index (χ2n) is 10.8. The zero-order chi connectivity index (χ0) is 22.0. The molecule has 1 aliphatic heterocycles. The fourth-order valence-corrected chi connectivity index (χ4v) is 5.92. The molecule has 31 heavy (non-hydrogen) atoms. The Morgan fingerprint density at radius 2 is 2.00 bits per heavy atom. The van der Waals surface area contributed by atoms with Gasteiger partial charge in [0.15, 0.2) is 0 Å². The van der Waals surface area contributed by atoms with E-state index >= 15 is 0 Å². The number of aryl methyl sites for hydroxylation is 1. The Balaban J connectivity index is 1.40. The Morgan fingerprint density at radius 3 is 2.68 bits per heavy atom. The largest absolute Gasteiger partial charge is 0.322 e. The van der Waals surface area contributed by atoms with Crippen LogP contribution >= 0.6 is 0 Å². The zero-order valence-electron chi connectivity index (χ0n) is 20.0. The fraction of sp³-hybridized carbons (Fsp3) is 0.667. The predicted octanol–water partition coefficient (Wildman–Crippen LogP) is 6.09. The van der Waals surface area contributed by atoms with Crippen molar-refractivity contribution in [2.24, 2.45) is 17.3 Å². The van der Waals surface area contributed by atoms with Gasteiger partial charge in [0.2, 0.25) is 0 Å². The van der Waals surface area contributed by atoms with Gasteiger partial charge in [-0.3, -0.25) is 0 Å². The van der Waals surface area contributed by atoms with E-state index in [1.54, 1.807) is 0 Å².